The number of ether oxygens (including phenoxy) is 1. The van der Waals surface area contributed by atoms with Crippen molar-refractivity contribution in [2.45, 2.75) is 13.3 Å². The summed E-state index contributed by atoms with van der Waals surface area (Å²) in [6.07, 6.45) is 0.994. The highest BCUT2D eigenvalue weighted by Gasteiger charge is 2.04. The molecule has 0 spiro atoms. The van der Waals surface area contributed by atoms with E-state index >= 15 is 0 Å². The second kappa shape index (κ2) is 5.97. The first-order valence-corrected chi connectivity index (χ1v) is 5.71. The molecule has 0 amide bonds. The van der Waals surface area contributed by atoms with Crippen molar-refractivity contribution < 1.29 is 4.74 Å². The lowest BCUT2D eigenvalue weighted by Crippen LogP contribution is -2.15. The van der Waals surface area contributed by atoms with Gasteiger partial charge in [-0.1, -0.05) is 11.6 Å². The second-order valence-electron chi connectivity index (χ2n) is 4.14. The van der Waals surface area contributed by atoms with E-state index < -0.39 is 0 Å². The van der Waals surface area contributed by atoms with Crippen LogP contribution in [-0.2, 0) is 0 Å². The Kier molecular flexibility index (Phi) is 4.90. The number of aryl methyl sites for hydroxylation is 1. The fourth-order valence-electron chi connectivity index (χ4n) is 1.40. The molecule has 1 aromatic carbocycles. The summed E-state index contributed by atoms with van der Waals surface area (Å²) in [4.78, 5) is 2.13. The minimum absolute atomic E-state index is 0.549. The molecule has 0 unspecified atom stereocenters. The van der Waals surface area contributed by atoms with Crippen molar-refractivity contribution in [3.8, 4) is 5.75 Å². The van der Waals surface area contributed by atoms with Crippen LogP contribution in [0.3, 0.4) is 0 Å². The van der Waals surface area contributed by atoms with E-state index in [1.807, 2.05) is 27.1 Å². The molecule has 90 valence electrons. The van der Waals surface area contributed by atoms with E-state index in [1.165, 1.54) is 0 Å². The number of hydrogen-bond acceptors (Lipinski definition) is 3. The zero-order valence-corrected chi connectivity index (χ0v) is 10.8. The molecule has 0 aliphatic rings. The predicted molar refractivity (Wildman–Crippen MR) is 69.3 cm³/mol. The quantitative estimate of drug-likeness (QED) is 0.637. The van der Waals surface area contributed by atoms with Crippen molar-refractivity contribution in [1.82, 2.24) is 4.90 Å². The number of rotatable bonds is 5. The van der Waals surface area contributed by atoms with E-state index in [1.54, 1.807) is 6.07 Å². The molecule has 0 radical (unpaired) electrons. The molecule has 0 saturated heterocycles. The number of nitrogen functional groups attached to an aromatic ring is 1. The monoisotopic (exact) mass is 242 g/mol. The Bertz CT molecular complexity index is 353. The third kappa shape index (κ3) is 3.91. The second-order valence-corrected chi connectivity index (χ2v) is 4.55. The van der Waals surface area contributed by atoms with Crippen molar-refractivity contribution >= 4 is 17.3 Å². The first-order valence-electron chi connectivity index (χ1n) is 5.34. The molecule has 0 bridgehead atoms. The molecule has 3 nitrogen and oxygen atoms in total. The molecule has 4 heteroatoms. The largest absolute Gasteiger partial charge is 0.493 e. The summed E-state index contributed by atoms with van der Waals surface area (Å²) >= 11 is 5.94. The van der Waals surface area contributed by atoms with E-state index in [4.69, 9.17) is 22.1 Å². The normalized spacial score (nSPS) is 10.8. The van der Waals surface area contributed by atoms with Gasteiger partial charge in [-0.25, -0.2) is 0 Å². The number of benzene rings is 1. The van der Waals surface area contributed by atoms with Crippen LogP contribution in [-0.4, -0.2) is 32.1 Å². The number of nitrogens with two attached hydrogens (primary N) is 1. The molecular weight excluding hydrogens is 224 g/mol. The summed E-state index contributed by atoms with van der Waals surface area (Å²) in [6, 6.07) is 3.62. The summed E-state index contributed by atoms with van der Waals surface area (Å²) in [5, 5.41) is 0.549. The van der Waals surface area contributed by atoms with Crippen LogP contribution < -0.4 is 10.5 Å². The van der Waals surface area contributed by atoms with Crippen LogP contribution in [0, 0.1) is 6.92 Å². The van der Waals surface area contributed by atoms with Gasteiger partial charge in [0, 0.05) is 12.6 Å². The summed E-state index contributed by atoms with van der Waals surface area (Å²) < 4.78 is 5.66. The smallest absolute Gasteiger partial charge is 0.123 e. The molecule has 0 fully saturated rings. The fourth-order valence-corrected chi connectivity index (χ4v) is 1.56. The molecule has 2 N–H and O–H groups in total. The minimum atomic E-state index is 0.549. The van der Waals surface area contributed by atoms with Crippen molar-refractivity contribution in [1.29, 1.82) is 0 Å². The Balaban J connectivity index is 2.51. The number of nitrogens with zero attached hydrogens (tertiary/aromatic N) is 1. The van der Waals surface area contributed by atoms with Gasteiger partial charge < -0.3 is 15.4 Å². The van der Waals surface area contributed by atoms with Crippen LogP contribution in [0.25, 0.3) is 0 Å². The van der Waals surface area contributed by atoms with Crippen LogP contribution in [0.5, 0.6) is 5.75 Å². The molecule has 0 aromatic heterocycles. The predicted octanol–water partition coefficient (Wildman–Crippen LogP) is 2.56. The van der Waals surface area contributed by atoms with Gasteiger partial charge in [-0.2, -0.15) is 0 Å². The lowest BCUT2D eigenvalue weighted by Gasteiger charge is -2.12. The average Bonchev–Trinajstić information content (AvgIpc) is 2.19. The van der Waals surface area contributed by atoms with E-state index in [0.717, 1.165) is 24.3 Å². The maximum Gasteiger partial charge on any atom is 0.123 e. The molecule has 0 aliphatic heterocycles. The van der Waals surface area contributed by atoms with E-state index in [9.17, 15) is 0 Å². The molecule has 0 heterocycles. The van der Waals surface area contributed by atoms with Crippen LogP contribution in [0.1, 0.15) is 12.0 Å². The first-order chi connectivity index (χ1) is 7.50. The number of hydrogen-bond donors (Lipinski definition) is 1. The number of anilines is 1. The van der Waals surface area contributed by atoms with Gasteiger partial charge >= 0.3 is 0 Å². The first kappa shape index (κ1) is 13.1. The van der Waals surface area contributed by atoms with Gasteiger partial charge in [0.15, 0.2) is 0 Å². The van der Waals surface area contributed by atoms with Gasteiger partial charge in [-0.15, -0.1) is 0 Å². The Hall–Kier alpha value is -0.930. The van der Waals surface area contributed by atoms with E-state index in [0.29, 0.717) is 17.3 Å². The molecular formula is C12H19ClN2O. The van der Waals surface area contributed by atoms with Crippen LogP contribution in [0.15, 0.2) is 12.1 Å². The standard InChI is InChI=1S/C12H19ClN2O/c1-9-7-11(14)10(13)8-12(9)16-6-4-5-15(2)3/h7-8H,4-6,14H2,1-3H3. The summed E-state index contributed by atoms with van der Waals surface area (Å²) in [6.45, 7) is 3.68. The Labute approximate surface area is 102 Å². The lowest BCUT2D eigenvalue weighted by molar-refractivity contribution is 0.280. The van der Waals surface area contributed by atoms with Crippen molar-refractivity contribution in [2.24, 2.45) is 0 Å². The SMILES string of the molecule is Cc1cc(N)c(Cl)cc1OCCCN(C)C. The van der Waals surface area contributed by atoms with Gasteiger partial charge in [-0.05, 0) is 39.1 Å². The van der Waals surface area contributed by atoms with Gasteiger partial charge in [0.25, 0.3) is 0 Å². The zero-order chi connectivity index (χ0) is 12.1. The zero-order valence-electron chi connectivity index (χ0n) is 10.1. The highest BCUT2D eigenvalue weighted by molar-refractivity contribution is 6.33. The maximum absolute atomic E-state index is 5.94. The van der Waals surface area contributed by atoms with Crippen molar-refractivity contribution in [3.05, 3.63) is 22.7 Å². The third-order valence-corrected chi connectivity index (χ3v) is 2.63. The van der Waals surface area contributed by atoms with E-state index in [-0.39, 0.29) is 0 Å². The summed E-state index contributed by atoms with van der Waals surface area (Å²) in [7, 11) is 4.09. The summed E-state index contributed by atoms with van der Waals surface area (Å²) in [5.74, 6) is 0.818. The fraction of sp³-hybridized carbons (Fsp3) is 0.500. The highest BCUT2D eigenvalue weighted by atomic mass is 35.5. The summed E-state index contributed by atoms with van der Waals surface area (Å²) in [5.41, 5.74) is 7.31. The third-order valence-electron chi connectivity index (χ3n) is 2.30. The van der Waals surface area contributed by atoms with Gasteiger partial charge in [-0.3, -0.25) is 0 Å². The topological polar surface area (TPSA) is 38.5 Å². The minimum Gasteiger partial charge on any atom is -0.493 e. The molecule has 0 aliphatic carbocycles. The highest BCUT2D eigenvalue weighted by Crippen LogP contribution is 2.28. The van der Waals surface area contributed by atoms with Crippen LogP contribution >= 0.6 is 11.6 Å². The van der Waals surface area contributed by atoms with Gasteiger partial charge in [0.05, 0.1) is 17.3 Å². The Morgan fingerprint density at radius 3 is 2.69 bits per heavy atom. The Morgan fingerprint density at radius 2 is 2.06 bits per heavy atom. The van der Waals surface area contributed by atoms with E-state index in [2.05, 4.69) is 4.90 Å². The lowest BCUT2D eigenvalue weighted by atomic mass is 10.2. The average molecular weight is 243 g/mol. The number of halogens is 1. The molecule has 0 atom stereocenters. The van der Waals surface area contributed by atoms with Gasteiger partial charge in [0.1, 0.15) is 5.75 Å². The van der Waals surface area contributed by atoms with Crippen molar-refractivity contribution in [3.63, 3.8) is 0 Å². The molecule has 1 rings (SSSR count). The molecule has 0 saturated carbocycles. The molecule has 16 heavy (non-hydrogen) atoms. The van der Waals surface area contributed by atoms with Gasteiger partial charge in [0.2, 0.25) is 0 Å². The van der Waals surface area contributed by atoms with Crippen LogP contribution in [0.4, 0.5) is 5.69 Å². The maximum atomic E-state index is 5.94. The molecule has 1 aromatic rings. The van der Waals surface area contributed by atoms with Crippen LogP contribution in [0.2, 0.25) is 5.02 Å². The Morgan fingerprint density at radius 1 is 1.38 bits per heavy atom. The van der Waals surface area contributed by atoms with Crippen molar-refractivity contribution in [2.75, 3.05) is 33.0 Å².